The summed E-state index contributed by atoms with van der Waals surface area (Å²) >= 11 is 0. The van der Waals surface area contributed by atoms with Crippen LogP contribution in [0.25, 0.3) is 0 Å². The van der Waals surface area contributed by atoms with Crippen LogP contribution in [0, 0.1) is 5.92 Å². The van der Waals surface area contributed by atoms with E-state index in [0.717, 1.165) is 44.4 Å². The van der Waals surface area contributed by atoms with Crippen molar-refractivity contribution in [2.75, 3.05) is 61.1 Å². The Hall–Kier alpha value is -1.79. The molecule has 6 heteroatoms. The Bertz CT molecular complexity index is 577. The predicted molar refractivity (Wildman–Crippen MR) is 107 cm³/mol. The molecule has 0 spiro atoms. The van der Waals surface area contributed by atoms with E-state index in [1.807, 2.05) is 12.1 Å². The summed E-state index contributed by atoms with van der Waals surface area (Å²) in [7, 11) is 7.67. The van der Waals surface area contributed by atoms with Gasteiger partial charge in [0.1, 0.15) is 5.75 Å². The van der Waals surface area contributed by atoms with Gasteiger partial charge >= 0.3 is 0 Å². The lowest BCUT2D eigenvalue weighted by Gasteiger charge is -2.26. The third-order valence-electron chi connectivity index (χ3n) is 4.84. The van der Waals surface area contributed by atoms with E-state index in [1.54, 1.807) is 14.2 Å². The number of methoxy groups -OCH3 is 2. The van der Waals surface area contributed by atoms with Crippen LogP contribution < -0.4 is 10.1 Å². The highest BCUT2D eigenvalue weighted by Gasteiger charge is 2.25. The zero-order valence-electron chi connectivity index (χ0n) is 16.9. The summed E-state index contributed by atoms with van der Waals surface area (Å²) in [6.45, 7) is 6.55. The van der Waals surface area contributed by atoms with Gasteiger partial charge in [0.25, 0.3) is 0 Å². The summed E-state index contributed by atoms with van der Waals surface area (Å²) in [4.78, 5) is 9.51. The number of hydrogen-bond acceptors (Lipinski definition) is 4. The lowest BCUT2D eigenvalue weighted by molar-refractivity contribution is 0.157. The SMILES string of the molecule is CCNC(=NCC(c1cccc(OC)c1)N(C)C)N1CCC(COC)C1. The zero-order chi connectivity index (χ0) is 18.9. The Morgan fingerprint density at radius 3 is 2.85 bits per heavy atom. The van der Waals surface area contributed by atoms with E-state index in [0.29, 0.717) is 12.5 Å². The molecule has 0 amide bonds. The second kappa shape index (κ2) is 10.4. The molecule has 2 unspecified atom stereocenters. The fraction of sp³-hybridized carbons (Fsp3) is 0.650. The number of likely N-dealkylation sites (tertiary alicyclic amines) is 1. The molecule has 1 aromatic carbocycles. The van der Waals surface area contributed by atoms with Crippen LogP contribution in [0.2, 0.25) is 0 Å². The zero-order valence-corrected chi connectivity index (χ0v) is 16.9. The first-order chi connectivity index (χ1) is 12.6. The molecule has 1 heterocycles. The van der Waals surface area contributed by atoms with E-state index in [2.05, 4.69) is 48.3 Å². The number of benzene rings is 1. The molecule has 0 bridgehead atoms. The van der Waals surface area contributed by atoms with Gasteiger partial charge in [-0.1, -0.05) is 12.1 Å². The summed E-state index contributed by atoms with van der Waals surface area (Å²) in [5.74, 6) is 2.47. The number of aliphatic imine (C=N–C) groups is 1. The van der Waals surface area contributed by atoms with Crippen LogP contribution in [0.15, 0.2) is 29.3 Å². The maximum absolute atomic E-state index is 5.38. The van der Waals surface area contributed by atoms with Gasteiger partial charge in [0.2, 0.25) is 0 Å². The van der Waals surface area contributed by atoms with Crippen molar-refractivity contribution >= 4 is 5.96 Å². The van der Waals surface area contributed by atoms with Gasteiger partial charge in [-0.15, -0.1) is 0 Å². The third-order valence-corrected chi connectivity index (χ3v) is 4.84. The van der Waals surface area contributed by atoms with Gasteiger partial charge in [-0.2, -0.15) is 0 Å². The van der Waals surface area contributed by atoms with Gasteiger partial charge in [-0.3, -0.25) is 4.99 Å². The average molecular weight is 363 g/mol. The number of rotatable bonds is 8. The highest BCUT2D eigenvalue weighted by molar-refractivity contribution is 5.80. The largest absolute Gasteiger partial charge is 0.497 e. The molecule has 0 saturated carbocycles. The van der Waals surface area contributed by atoms with Crippen LogP contribution in [-0.4, -0.2) is 76.9 Å². The van der Waals surface area contributed by atoms with Crippen LogP contribution in [0.4, 0.5) is 0 Å². The first kappa shape index (κ1) is 20.5. The minimum atomic E-state index is 0.205. The van der Waals surface area contributed by atoms with Gasteiger partial charge in [0.15, 0.2) is 5.96 Å². The van der Waals surface area contributed by atoms with E-state index in [9.17, 15) is 0 Å². The minimum absolute atomic E-state index is 0.205. The van der Waals surface area contributed by atoms with E-state index >= 15 is 0 Å². The van der Waals surface area contributed by atoms with Crippen molar-refractivity contribution in [2.45, 2.75) is 19.4 Å². The average Bonchev–Trinajstić information content (AvgIpc) is 3.10. The summed E-state index contributed by atoms with van der Waals surface area (Å²) in [6, 6.07) is 8.45. The molecule has 0 aliphatic carbocycles. The summed E-state index contributed by atoms with van der Waals surface area (Å²) in [5, 5.41) is 3.45. The lowest BCUT2D eigenvalue weighted by atomic mass is 10.1. The van der Waals surface area contributed by atoms with E-state index < -0.39 is 0 Å². The smallest absolute Gasteiger partial charge is 0.193 e. The number of nitrogens with one attached hydrogen (secondary N) is 1. The van der Waals surface area contributed by atoms with Gasteiger partial charge in [-0.25, -0.2) is 0 Å². The van der Waals surface area contributed by atoms with E-state index in [1.165, 1.54) is 5.56 Å². The molecule has 1 N–H and O–H groups in total. The molecule has 146 valence electrons. The van der Waals surface area contributed by atoms with Crippen molar-refractivity contribution in [1.82, 2.24) is 15.1 Å². The van der Waals surface area contributed by atoms with Crippen LogP contribution in [-0.2, 0) is 4.74 Å². The molecule has 1 fully saturated rings. The molecule has 26 heavy (non-hydrogen) atoms. The van der Waals surface area contributed by atoms with Gasteiger partial charge < -0.3 is 24.6 Å². The molecular formula is C20H34N4O2. The van der Waals surface area contributed by atoms with Gasteiger partial charge in [0.05, 0.1) is 26.3 Å². The van der Waals surface area contributed by atoms with E-state index in [4.69, 9.17) is 14.5 Å². The van der Waals surface area contributed by atoms with Crippen molar-refractivity contribution in [3.63, 3.8) is 0 Å². The van der Waals surface area contributed by atoms with Crippen molar-refractivity contribution < 1.29 is 9.47 Å². The summed E-state index contributed by atoms with van der Waals surface area (Å²) < 4.78 is 10.7. The Kier molecular flexibility index (Phi) is 8.19. The number of hydrogen-bond donors (Lipinski definition) is 1. The highest BCUT2D eigenvalue weighted by atomic mass is 16.5. The standard InChI is InChI=1S/C20H34N4O2/c1-6-21-20(24-11-10-16(14-24)15-25-4)22-13-19(23(2)3)17-8-7-9-18(12-17)26-5/h7-9,12,16,19H,6,10-11,13-15H2,1-5H3,(H,21,22). The normalized spacial score (nSPS) is 19.1. The van der Waals surface area contributed by atoms with Crippen LogP contribution in [0.5, 0.6) is 5.75 Å². The van der Waals surface area contributed by atoms with Crippen LogP contribution in [0.3, 0.4) is 0 Å². The second-order valence-electron chi connectivity index (χ2n) is 7.01. The Balaban J connectivity index is 2.12. The molecule has 1 aromatic rings. The molecule has 1 saturated heterocycles. The minimum Gasteiger partial charge on any atom is -0.497 e. The summed E-state index contributed by atoms with van der Waals surface area (Å²) in [5.41, 5.74) is 1.22. The van der Waals surface area contributed by atoms with Crippen molar-refractivity contribution in [3.8, 4) is 5.75 Å². The molecule has 1 aliphatic rings. The number of guanidine groups is 1. The number of ether oxygens (including phenoxy) is 2. The molecule has 0 aromatic heterocycles. The van der Waals surface area contributed by atoms with Gasteiger partial charge in [0, 0.05) is 32.7 Å². The monoisotopic (exact) mass is 362 g/mol. The van der Waals surface area contributed by atoms with Crippen LogP contribution >= 0.6 is 0 Å². The number of likely N-dealkylation sites (N-methyl/N-ethyl adjacent to an activating group) is 1. The maximum Gasteiger partial charge on any atom is 0.193 e. The van der Waals surface area contributed by atoms with Crippen molar-refractivity contribution in [2.24, 2.45) is 10.9 Å². The second-order valence-corrected chi connectivity index (χ2v) is 7.01. The number of nitrogens with zero attached hydrogens (tertiary/aromatic N) is 3. The highest BCUT2D eigenvalue weighted by Crippen LogP contribution is 2.23. The topological polar surface area (TPSA) is 49.3 Å². The Morgan fingerprint density at radius 2 is 2.19 bits per heavy atom. The van der Waals surface area contributed by atoms with E-state index in [-0.39, 0.29) is 6.04 Å². The fourth-order valence-electron chi connectivity index (χ4n) is 3.41. The fourth-order valence-corrected chi connectivity index (χ4v) is 3.41. The third kappa shape index (κ3) is 5.61. The molecule has 1 aliphatic heterocycles. The lowest BCUT2D eigenvalue weighted by Crippen LogP contribution is -2.41. The predicted octanol–water partition coefficient (Wildman–Crippen LogP) is 2.23. The Morgan fingerprint density at radius 1 is 1.38 bits per heavy atom. The quantitative estimate of drug-likeness (QED) is 0.568. The molecule has 6 nitrogen and oxygen atoms in total. The first-order valence-corrected chi connectivity index (χ1v) is 9.41. The maximum atomic E-state index is 5.38. The molecule has 0 radical (unpaired) electrons. The van der Waals surface area contributed by atoms with Gasteiger partial charge in [-0.05, 0) is 45.1 Å². The Labute approximate surface area is 158 Å². The van der Waals surface area contributed by atoms with Crippen molar-refractivity contribution in [1.29, 1.82) is 0 Å². The first-order valence-electron chi connectivity index (χ1n) is 9.41. The van der Waals surface area contributed by atoms with Crippen LogP contribution in [0.1, 0.15) is 24.9 Å². The summed E-state index contributed by atoms with van der Waals surface area (Å²) in [6.07, 6.45) is 1.16. The molecular weight excluding hydrogens is 328 g/mol. The molecule has 2 atom stereocenters. The molecule has 2 rings (SSSR count). The van der Waals surface area contributed by atoms with Crippen molar-refractivity contribution in [3.05, 3.63) is 29.8 Å².